The normalized spacial score (nSPS) is 10.6. The van der Waals surface area contributed by atoms with Gasteiger partial charge < -0.3 is 19.1 Å². The van der Waals surface area contributed by atoms with E-state index in [2.05, 4.69) is 19.3 Å². The summed E-state index contributed by atoms with van der Waals surface area (Å²) < 4.78 is 15.3. The van der Waals surface area contributed by atoms with Crippen molar-refractivity contribution in [2.24, 2.45) is 0 Å². The molecule has 0 saturated heterocycles. The highest BCUT2D eigenvalue weighted by Gasteiger charge is 2.23. The van der Waals surface area contributed by atoms with Crippen molar-refractivity contribution in [1.82, 2.24) is 15.3 Å². The maximum absolute atomic E-state index is 13.5. The highest BCUT2D eigenvalue weighted by atomic mass is 16.5. The SMILES string of the molecule is CCCCCCCCN(NCCC(=O)OCC)C(=O)N(CCC(=O)OCC)CCC(=O)OCCCCCC. The number of unbranched alkanes of at least 4 members (excludes halogenated alkanes) is 8. The molecular weight excluding hydrogens is 490 g/mol. The van der Waals surface area contributed by atoms with Crippen molar-refractivity contribution in [3.8, 4) is 0 Å². The van der Waals surface area contributed by atoms with Crippen LogP contribution in [0.1, 0.15) is 111 Å². The van der Waals surface area contributed by atoms with Gasteiger partial charge in [-0.3, -0.25) is 19.4 Å². The number of rotatable bonds is 24. The van der Waals surface area contributed by atoms with Gasteiger partial charge in [0.25, 0.3) is 0 Å². The second-order valence-corrected chi connectivity index (χ2v) is 9.24. The Labute approximate surface area is 230 Å². The molecule has 10 heteroatoms. The van der Waals surface area contributed by atoms with E-state index < -0.39 is 5.97 Å². The lowest BCUT2D eigenvalue weighted by molar-refractivity contribution is -0.145. The molecule has 0 unspecified atom stereocenters. The van der Waals surface area contributed by atoms with Gasteiger partial charge in [0.1, 0.15) is 0 Å². The average molecular weight is 544 g/mol. The van der Waals surface area contributed by atoms with Crippen LogP contribution in [-0.4, -0.2) is 79.8 Å². The number of amides is 2. The van der Waals surface area contributed by atoms with Crippen LogP contribution < -0.4 is 5.43 Å². The van der Waals surface area contributed by atoms with Crippen LogP contribution in [-0.2, 0) is 28.6 Å². The molecule has 0 aromatic rings. The molecule has 0 saturated carbocycles. The summed E-state index contributed by atoms with van der Waals surface area (Å²) in [6, 6.07) is -0.345. The standard InChI is InChI=1S/C28H53N3O7/c1-5-9-11-13-14-15-21-31(29-20-17-25(32)36-7-3)28(35)30(22-18-26(33)37-8-4)23-19-27(34)38-24-16-12-10-6-2/h29H,5-24H2,1-4H3. The van der Waals surface area contributed by atoms with E-state index in [0.29, 0.717) is 19.8 Å². The Kier molecular flexibility index (Phi) is 23.4. The Morgan fingerprint density at radius 2 is 1.08 bits per heavy atom. The van der Waals surface area contributed by atoms with Gasteiger partial charge in [-0.25, -0.2) is 10.2 Å². The molecule has 0 aliphatic rings. The minimum Gasteiger partial charge on any atom is -0.466 e. The first kappa shape index (κ1) is 35.6. The molecule has 0 aliphatic heterocycles. The Bertz CT molecular complexity index is 646. The van der Waals surface area contributed by atoms with Crippen molar-refractivity contribution in [2.75, 3.05) is 46.0 Å². The number of hydrazine groups is 1. The van der Waals surface area contributed by atoms with Crippen LogP contribution in [0.2, 0.25) is 0 Å². The highest BCUT2D eigenvalue weighted by molar-refractivity contribution is 5.77. The second-order valence-electron chi connectivity index (χ2n) is 9.24. The zero-order valence-electron chi connectivity index (χ0n) is 24.4. The molecule has 2 amide bonds. The maximum Gasteiger partial charge on any atom is 0.334 e. The quantitative estimate of drug-likeness (QED) is 0.0783. The third-order valence-electron chi connectivity index (χ3n) is 5.91. The van der Waals surface area contributed by atoms with E-state index >= 15 is 0 Å². The van der Waals surface area contributed by atoms with Gasteiger partial charge in [0, 0.05) is 26.2 Å². The average Bonchev–Trinajstić information content (AvgIpc) is 2.89. The number of carbonyl (C=O) groups is 4. The van der Waals surface area contributed by atoms with Gasteiger partial charge in [0.15, 0.2) is 0 Å². The molecule has 0 rings (SSSR count). The van der Waals surface area contributed by atoms with Crippen LogP contribution in [0.25, 0.3) is 0 Å². The van der Waals surface area contributed by atoms with Crippen molar-refractivity contribution in [3.05, 3.63) is 0 Å². The van der Waals surface area contributed by atoms with Crippen LogP contribution in [0, 0.1) is 0 Å². The maximum atomic E-state index is 13.5. The van der Waals surface area contributed by atoms with Crippen molar-refractivity contribution in [3.63, 3.8) is 0 Å². The molecule has 0 atom stereocenters. The lowest BCUT2D eigenvalue weighted by Crippen LogP contribution is -2.52. The van der Waals surface area contributed by atoms with Gasteiger partial charge in [-0.05, 0) is 26.7 Å². The second kappa shape index (κ2) is 24.9. The first-order chi connectivity index (χ1) is 18.4. The number of esters is 3. The number of nitrogens with one attached hydrogen (secondary N) is 1. The molecule has 0 aliphatic carbocycles. The van der Waals surface area contributed by atoms with Gasteiger partial charge in [-0.15, -0.1) is 0 Å². The molecule has 10 nitrogen and oxygen atoms in total. The predicted octanol–water partition coefficient (Wildman–Crippen LogP) is 5.00. The van der Waals surface area contributed by atoms with E-state index in [0.717, 1.165) is 57.8 Å². The molecule has 0 bridgehead atoms. The third kappa shape index (κ3) is 19.7. The van der Waals surface area contributed by atoms with Crippen LogP contribution >= 0.6 is 0 Å². The highest BCUT2D eigenvalue weighted by Crippen LogP contribution is 2.09. The first-order valence-electron chi connectivity index (χ1n) is 14.7. The van der Waals surface area contributed by atoms with E-state index in [4.69, 9.17) is 14.2 Å². The molecule has 1 N–H and O–H groups in total. The molecule has 0 aromatic carbocycles. The lowest BCUT2D eigenvalue weighted by Gasteiger charge is -2.31. The molecule has 0 spiro atoms. The number of nitrogens with zero attached hydrogens (tertiary/aromatic N) is 2. The minimum absolute atomic E-state index is 0.0271. The van der Waals surface area contributed by atoms with Gasteiger partial charge in [0.2, 0.25) is 0 Å². The first-order valence-corrected chi connectivity index (χ1v) is 14.7. The number of carbonyl (C=O) groups excluding carboxylic acids is 4. The van der Waals surface area contributed by atoms with Crippen molar-refractivity contribution < 1.29 is 33.4 Å². The van der Waals surface area contributed by atoms with Crippen LogP contribution in [0.5, 0.6) is 0 Å². The summed E-state index contributed by atoms with van der Waals surface area (Å²) in [6.07, 6.45) is 10.6. The molecular formula is C28H53N3O7. The molecule has 0 aromatic heterocycles. The molecule has 0 heterocycles. The van der Waals surface area contributed by atoms with Gasteiger partial charge in [-0.2, -0.15) is 0 Å². The van der Waals surface area contributed by atoms with Crippen LogP contribution in [0.3, 0.4) is 0 Å². The number of ether oxygens (including phenoxy) is 3. The van der Waals surface area contributed by atoms with E-state index in [9.17, 15) is 19.2 Å². The summed E-state index contributed by atoms with van der Waals surface area (Å²) in [5.74, 6) is -1.11. The van der Waals surface area contributed by atoms with Gasteiger partial charge in [0.05, 0.1) is 39.1 Å². The summed E-state index contributed by atoms with van der Waals surface area (Å²) in [4.78, 5) is 51.0. The fourth-order valence-corrected chi connectivity index (χ4v) is 3.77. The van der Waals surface area contributed by atoms with Gasteiger partial charge in [-0.1, -0.05) is 65.2 Å². The largest absolute Gasteiger partial charge is 0.466 e. The Hall–Kier alpha value is -2.36. The third-order valence-corrected chi connectivity index (χ3v) is 5.91. The van der Waals surface area contributed by atoms with E-state index in [-0.39, 0.29) is 63.5 Å². The summed E-state index contributed by atoms with van der Waals surface area (Å²) in [5, 5.41) is 1.49. The predicted molar refractivity (Wildman–Crippen MR) is 147 cm³/mol. The summed E-state index contributed by atoms with van der Waals surface area (Å²) in [7, 11) is 0. The zero-order chi connectivity index (χ0) is 28.4. The monoisotopic (exact) mass is 543 g/mol. The fourth-order valence-electron chi connectivity index (χ4n) is 3.77. The number of hydrogen-bond donors (Lipinski definition) is 1. The summed E-state index contributed by atoms with van der Waals surface area (Å²) >= 11 is 0. The molecule has 38 heavy (non-hydrogen) atoms. The number of hydrogen-bond acceptors (Lipinski definition) is 8. The molecule has 222 valence electrons. The van der Waals surface area contributed by atoms with Crippen LogP contribution in [0.4, 0.5) is 4.79 Å². The molecule has 0 radical (unpaired) electrons. The smallest absolute Gasteiger partial charge is 0.334 e. The summed E-state index contributed by atoms with van der Waals surface area (Å²) in [6.45, 7) is 9.63. The van der Waals surface area contributed by atoms with Crippen molar-refractivity contribution >= 4 is 23.9 Å². The number of urea groups is 1. The fraction of sp³-hybridized carbons (Fsp3) is 0.857. The van der Waals surface area contributed by atoms with Crippen LogP contribution in [0.15, 0.2) is 0 Å². The zero-order valence-corrected chi connectivity index (χ0v) is 24.4. The topological polar surface area (TPSA) is 114 Å². The molecule has 0 fully saturated rings. The Morgan fingerprint density at radius 1 is 0.579 bits per heavy atom. The Balaban J connectivity index is 5.15. The Morgan fingerprint density at radius 3 is 1.66 bits per heavy atom. The van der Waals surface area contributed by atoms with E-state index in [1.54, 1.807) is 13.8 Å². The lowest BCUT2D eigenvalue weighted by atomic mass is 10.1. The van der Waals surface area contributed by atoms with Crippen molar-refractivity contribution in [1.29, 1.82) is 0 Å². The van der Waals surface area contributed by atoms with Gasteiger partial charge >= 0.3 is 23.9 Å². The minimum atomic E-state index is -0.401. The van der Waals surface area contributed by atoms with Crippen molar-refractivity contribution in [2.45, 2.75) is 111 Å². The summed E-state index contributed by atoms with van der Waals surface area (Å²) in [5.41, 5.74) is 3.05. The van der Waals surface area contributed by atoms with E-state index in [1.165, 1.54) is 16.3 Å². The van der Waals surface area contributed by atoms with E-state index in [1.807, 2.05) is 0 Å².